The number of rotatable bonds is 7. The molecule has 1 aromatic heterocycles. The van der Waals surface area contributed by atoms with Crippen LogP contribution in [0.3, 0.4) is 0 Å². The lowest BCUT2D eigenvalue weighted by Gasteiger charge is -2.43. The zero-order chi connectivity index (χ0) is 22.8. The van der Waals surface area contributed by atoms with Crippen molar-refractivity contribution in [2.24, 2.45) is 0 Å². The first-order valence-corrected chi connectivity index (χ1v) is 10.2. The molecule has 0 fully saturated rings. The molecule has 2 amide bonds. The molecule has 0 saturated carbocycles. The van der Waals surface area contributed by atoms with E-state index in [0.29, 0.717) is 18.8 Å². The number of carbonyl (C=O) groups excluding carboxylic acids is 3. The highest BCUT2D eigenvalue weighted by Crippen LogP contribution is 2.35. The molecule has 2 heterocycles. The quantitative estimate of drug-likeness (QED) is 0.533. The summed E-state index contributed by atoms with van der Waals surface area (Å²) in [6.07, 6.45) is 0. The van der Waals surface area contributed by atoms with Gasteiger partial charge in [0.25, 0.3) is 5.91 Å². The Morgan fingerprint density at radius 3 is 2.65 bits per heavy atom. The maximum absolute atomic E-state index is 13.6. The Hall–Kier alpha value is -3.20. The molecule has 9 nitrogen and oxygen atoms in total. The van der Waals surface area contributed by atoms with Crippen molar-refractivity contribution in [1.29, 1.82) is 0 Å². The lowest BCUT2D eigenvalue weighted by atomic mass is 9.93. The Morgan fingerprint density at radius 2 is 2.00 bits per heavy atom. The molecule has 31 heavy (non-hydrogen) atoms. The number of carbonyl (C=O) groups is 3. The number of esters is 1. The molecule has 0 radical (unpaired) electrons. The number of aryl methyl sites for hydroxylation is 2. The molecule has 0 bridgehead atoms. The number of anilines is 1. The van der Waals surface area contributed by atoms with Gasteiger partial charge in [0.2, 0.25) is 5.91 Å². The topological polar surface area (TPSA) is 103 Å². The molecule has 1 aliphatic rings. The van der Waals surface area contributed by atoms with Crippen LogP contribution in [0.2, 0.25) is 0 Å². The molecule has 0 aliphatic carbocycles. The third-order valence-electron chi connectivity index (χ3n) is 5.31. The van der Waals surface area contributed by atoms with Crippen LogP contribution >= 0.6 is 0 Å². The largest absolute Gasteiger partial charge is 0.461 e. The zero-order valence-electron chi connectivity index (χ0n) is 18.5. The predicted octanol–water partition coefficient (Wildman–Crippen LogP) is 1.86. The van der Waals surface area contributed by atoms with Crippen molar-refractivity contribution < 1.29 is 23.9 Å². The van der Waals surface area contributed by atoms with Crippen LogP contribution in [0.5, 0.6) is 0 Å². The fourth-order valence-electron chi connectivity index (χ4n) is 3.78. The number of aromatic nitrogens is 2. The Morgan fingerprint density at radius 1 is 1.26 bits per heavy atom. The van der Waals surface area contributed by atoms with E-state index in [1.807, 2.05) is 32.0 Å². The maximum Gasteiger partial charge on any atom is 0.358 e. The summed E-state index contributed by atoms with van der Waals surface area (Å²) in [5.74, 6) is -1.36. The van der Waals surface area contributed by atoms with Gasteiger partial charge in [-0.1, -0.05) is 17.7 Å². The second-order valence-corrected chi connectivity index (χ2v) is 7.75. The van der Waals surface area contributed by atoms with Crippen LogP contribution in [0.4, 0.5) is 5.69 Å². The van der Waals surface area contributed by atoms with Crippen molar-refractivity contribution in [2.45, 2.75) is 39.8 Å². The van der Waals surface area contributed by atoms with Gasteiger partial charge in [-0.3, -0.25) is 19.2 Å². The zero-order valence-corrected chi connectivity index (χ0v) is 18.5. The van der Waals surface area contributed by atoms with Gasteiger partial charge in [-0.15, -0.1) is 0 Å². The maximum atomic E-state index is 13.6. The average Bonchev–Trinajstić information content (AvgIpc) is 3.14. The van der Waals surface area contributed by atoms with Crippen LogP contribution < -0.4 is 10.2 Å². The molecule has 1 aliphatic heterocycles. The lowest BCUT2D eigenvalue weighted by Crippen LogP contribution is -2.65. The van der Waals surface area contributed by atoms with Crippen LogP contribution in [-0.4, -0.2) is 60.0 Å². The normalized spacial score (nSPS) is 18.0. The summed E-state index contributed by atoms with van der Waals surface area (Å²) in [4.78, 5) is 40.5. The van der Waals surface area contributed by atoms with E-state index < -0.39 is 17.4 Å². The van der Waals surface area contributed by atoms with E-state index in [4.69, 9.17) is 9.47 Å². The van der Waals surface area contributed by atoms with E-state index in [2.05, 4.69) is 10.4 Å². The SMILES string of the molecule is CCOC(=O)c1cc2n(n1)CC(C)(C(=O)NCCOC)N(c1ccc(C)cc1C)C2=O. The molecule has 9 heteroatoms. The smallest absolute Gasteiger partial charge is 0.358 e. The summed E-state index contributed by atoms with van der Waals surface area (Å²) in [6, 6.07) is 7.11. The van der Waals surface area contributed by atoms with Crippen molar-refractivity contribution in [3.8, 4) is 0 Å². The fourth-order valence-corrected chi connectivity index (χ4v) is 3.78. The third kappa shape index (κ3) is 4.18. The second-order valence-electron chi connectivity index (χ2n) is 7.75. The summed E-state index contributed by atoms with van der Waals surface area (Å²) >= 11 is 0. The number of ether oxygens (including phenoxy) is 2. The van der Waals surface area contributed by atoms with E-state index in [0.717, 1.165) is 11.1 Å². The van der Waals surface area contributed by atoms with Crippen molar-refractivity contribution in [3.63, 3.8) is 0 Å². The molecule has 3 rings (SSSR count). The van der Waals surface area contributed by atoms with Crippen LogP contribution in [0.15, 0.2) is 24.3 Å². The van der Waals surface area contributed by atoms with Crippen molar-refractivity contribution in [3.05, 3.63) is 46.8 Å². The molecule has 1 N–H and O–H groups in total. The summed E-state index contributed by atoms with van der Waals surface area (Å²) in [5.41, 5.74) is 1.54. The molecule has 1 aromatic carbocycles. The highest BCUT2D eigenvalue weighted by Gasteiger charge is 2.49. The van der Waals surface area contributed by atoms with Gasteiger partial charge in [0, 0.05) is 25.4 Å². The first-order valence-electron chi connectivity index (χ1n) is 10.2. The average molecular weight is 428 g/mol. The Bertz CT molecular complexity index is 1020. The molecule has 2 aromatic rings. The van der Waals surface area contributed by atoms with E-state index in [1.165, 1.54) is 15.6 Å². The number of methoxy groups -OCH3 is 1. The Kier molecular flexibility index (Phi) is 6.45. The summed E-state index contributed by atoms with van der Waals surface area (Å²) in [5, 5.41) is 7.08. The second kappa shape index (κ2) is 8.89. The third-order valence-corrected chi connectivity index (χ3v) is 5.31. The van der Waals surface area contributed by atoms with Crippen molar-refractivity contribution in [1.82, 2.24) is 15.1 Å². The Labute approximate surface area is 181 Å². The fraction of sp³-hybridized carbons (Fsp3) is 0.455. The number of nitrogens with zero attached hydrogens (tertiary/aromatic N) is 3. The molecule has 1 unspecified atom stereocenters. The standard InChI is InChI=1S/C22H28N4O5/c1-6-31-20(28)16-12-18-19(27)26(17-8-7-14(2)11-15(17)3)22(4,13-25(18)24-16)21(29)23-9-10-30-5/h7-8,11-12H,6,9-10,13H2,1-5H3,(H,23,29). The van der Waals surface area contributed by atoms with E-state index in [1.54, 1.807) is 21.0 Å². The number of amides is 2. The molecular formula is C22H28N4O5. The monoisotopic (exact) mass is 428 g/mol. The van der Waals surface area contributed by atoms with Crippen LogP contribution in [-0.2, 0) is 20.8 Å². The molecule has 0 spiro atoms. The highest BCUT2D eigenvalue weighted by atomic mass is 16.5. The van der Waals surface area contributed by atoms with Gasteiger partial charge in [-0.2, -0.15) is 5.10 Å². The van der Waals surface area contributed by atoms with Crippen molar-refractivity contribution >= 4 is 23.5 Å². The number of fused-ring (bicyclic) bond motifs is 1. The van der Waals surface area contributed by atoms with E-state index in [-0.39, 0.29) is 30.4 Å². The van der Waals surface area contributed by atoms with Gasteiger partial charge in [-0.05, 0) is 39.3 Å². The number of nitrogens with one attached hydrogen (secondary N) is 1. The van der Waals surface area contributed by atoms with Gasteiger partial charge in [0.1, 0.15) is 11.2 Å². The van der Waals surface area contributed by atoms with Gasteiger partial charge < -0.3 is 14.8 Å². The van der Waals surface area contributed by atoms with Gasteiger partial charge in [0.05, 0.1) is 19.8 Å². The lowest BCUT2D eigenvalue weighted by molar-refractivity contribution is -0.126. The Balaban J connectivity index is 2.09. The van der Waals surface area contributed by atoms with Crippen molar-refractivity contribution in [2.75, 3.05) is 31.8 Å². The summed E-state index contributed by atoms with van der Waals surface area (Å²) in [6.45, 7) is 8.19. The summed E-state index contributed by atoms with van der Waals surface area (Å²) in [7, 11) is 1.55. The highest BCUT2D eigenvalue weighted by molar-refractivity contribution is 6.12. The van der Waals surface area contributed by atoms with Gasteiger partial charge >= 0.3 is 5.97 Å². The van der Waals surface area contributed by atoms with E-state index in [9.17, 15) is 14.4 Å². The van der Waals surface area contributed by atoms with Crippen LogP contribution in [0.25, 0.3) is 0 Å². The number of hydrogen-bond donors (Lipinski definition) is 1. The molecule has 0 saturated heterocycles. The molecule has 166 valence electrons. The van der Waals surface area contributed by atoms with Gasteiger partial charge in [-0.25, -0.2) is 4.79 Å². The first kappa shape index (κ1) is 22.5. The van der Waals surface area contributed by atoms with Gasteiger partial charge in [0.15, 0.2) is 5.69 Å². The minimum Gasteiger partial charge on any atom is -0.461 e. The number of benzene rings is 1. The summed E-state index contributed by atoms with van der Waals surface area (Å²) < 4.78 is 11.4. The predicted molar refractivity (Wildman–Crippen MR) is 114 cm³/mol. The first-order chi connectivity index (χ1) is 14.7. The number of hydrogen-bond acceptors (Lipinski definition) is 6. The van der Waals surface area contributed by atoms with E-state index >= 15 is 0 Å². The minimum absolute atomic E-state index is 0.0369. The van der Waals surface area contributed by atoms with Crippen LogP contribution in [0.1, 0.15) is 46.0 Å². The minimum atomic E-state index is -1.27. The molecular weight excluding hydrogens is 400 g/mol. The van der Waals surface area contributed by atoms with Crippen LogP contribution in [0, 0.1) is 13.8 Å². The molecule has 1 atom stereocenters.